The van der Waals surface area contributed by atoms with Crippen molar-refractivity contribution in [3.05, 3.63) is 46.0 Å². The fourth-order valence-electron chi connectivity index (χ4n) is 3.82. The molecule has 0 saturated heterocycles. The molecular formula is C21H21N5OS2. The third kappa shape index (κ3) is 3.51. The summed E-state index contributed by atoms with van der Waals surface area (Å²) in [6.07, 6.45) is 4.50. The average molecular weight is 424 g/mol. The zero-order chi connectivity index (χ0) is 20.0. The number of fused-ring (bicyclic) bond motifs is 4. The highest BCUT2D eigenvalue weighted by atomic mass is 32.2. The van der Waals surface area contributed by atoms with Crippen molar-refractivity contribution in [3.8, 4) is 0 Å². The number of nitrogens with zero attached hydrogens (tertiary/aromatic N) is 4. The highest BCUT2D eigenvalue weighted by Crippen LogP contribution is 2.30. The van der Waals surface area contributed by atoms with Gasteiger partial charge >= 0.3 is 0 Å². The van der Waals surface area contributed by atoms with E-state index in [1.807, 2.05) is 11.3 Å². The van der Waals surface area contributed by atoms with Crippen molar-refractivity contribution in [2.45, 2.75) is 44.7 Å². The number of benzene rings is 1. The molecular weight excluding hydrogens is 402 g/mol. The van der Waals surface area contributed by atoms with Crippen LogP contribution >= 0.6 is 23.1 Å². The maximum Gasteiger partial charge on any atom is 0.236 e. The van der Waals surface area contributed by atoms with E-state index in [0.717, 1.165) is 45.8 Å². The van der Waals surface area contributed by atoms with Crippen LogP contribution in [-0.2, 0) is 17.6 Å². The number of nitrogens with one attached hydrogen (secondary N) is 1. The Hall–Kier alpha value is -2.45. The van der Waals surface area contributed by atoms with Gasteiger partial charge in [-0.1, -0.05) is 23.4 Å². The molecule has 0 aliphatic heterocycles. The first-order chi connectivity index (χ1) is 14.1. The molecule has 4 aromatic rings. The number of thioether (sulfide) groups is 1. The standard InChI is InChI=1S/C21H21N5OS2/c1-12-7-8-16-14(9-12)10-13(2)19-24-25-21(26(16)19)28-11-18(27)23-20-22-15-5-3-4-6-17(15)29-20/h7-10H,3-6,11H2,1-2H3,(H,22,23,27). The fraction of sp³-hybridized carbons (Fsp3) is 0.333. The average Bonchev–Trinajstić information content (AvgIpc) is 3.30. The highest BCUT2D eigenvalue weighted by Gasteiger charge is 2.18. The third-order valence-electron chi connectivity index (χ3n) is 5.21. The molecule has 6 nitrogen and oxygen atoms in total. The first-order valence-corrected chi connectivity index (χ1v) is 11.5. The normalized spacial score (nSPS) is 13.7. The van der Waals surface area contributed by atoms with Gasteiger partial charge in [0.05, 0.1) is 17.0 Å². The van der Waals surface area contributed by atoms with Gasteiger partial charge in [0, 0.05) is 4.88 Å². The molecule has 0 radical (unpaired) electrons. The summed E-state index contributed by atoms with van der Waals surface area (Å²) in [5, 5.41) is 14.2. The van der Waals surface area contributed by atoms with E-state index in [1.54, 1.807) is 11.3 Å². The Labute approximate surface area is 176 Å². The lowest BCUT2D eigenvalue weighted by atomic mass is 10.0. The predicted octanol–water partition coefficient (Wildman–Crippen LogP) is 4.57. The van der Waals surface area contributed by atoms with E-state index in [-0.39, 0.29) is 11.7 Å². The number of carbonyl (C=O) groups excluding carboxylic acids is 1. The Kier molecular flexibility index (Phi) is 4.75. The van der Waals surface area contributed by atoms with Crippen LogP contribution in [0.15, 0.2) is 29.4 Å². The van der Waals surface area contributed by atoms with E-state index < -0.39 is 0 Å². The molecule has 0 unspecified atom stereocenters. The minimum Gasteiger partial charge on any atom is -0.301 e. The molecule has 1 aromatic carbocycles. The molecule has 0 atom stereocenters. The zero-order valence-corrected chi connectivity index (χ0v) is 18.0. The van der Waals surface area contributed by atoms with E-state index in [9.17, 15) is 4.79 Å². The van der Waals surface area contributed by atoms with Crippen molar-refractivity contribution in [2.24, 2.45) is 0 Å². The van der Waals surface area contributed by atoms with E-state index in [2.05, 4.69) is 51.7 Å². The molecule has 29 heavy (non-hydrogen) atoms. The van der Waals surface area contributed by atoms with Gasteiger partial charge in [-0.2, -0.15) is 0 Å². The lowest BCUT2D eigenvalue weighted by Crippen LogP contribution is -2.14. The maximum absolute atomic E-state index is 12.5. The number of carbonyl (C=O) groups is 1. The number of hydrogen-bond donors (Lipinski definition) is 1. The van der Waals surface area contributed by atoms with Gasteiger partial charge in [0.2, 0.25) is 5.91 Å². The molecule has 0 fully saturated rings. The fourth-order valence-corrected chi connectivity index (χ4v) is 5.63. The minimum atomic E-state index is -0.0642. The molecule has 5 rings (SSSR count). The van der Waals surface area contributed by atoms with E-state index in [0.29, 0.717) is 5.13 Å². The van der Waals surface area contributed by atoms with Crippen LogP contribution in [-0.4, -0.2) is 31.2 Å². The van der Waals surface area contributed by atoms with Crippen molar-refractivity contribution in [1.82, 2.24) is 19.6 Å². The number of anilines is 1. The van der Waals surface area contributed by atoms with E-state index in [1.165, 1.54) is 35.0 Å². The lowest BCUT2D eigenvalue weighted by molar-refractivity contribution is -0.113. The van der Waals surface area contributed by atoms with Gasteiger partial charge in [0.1, 0.15) is 0 Å². The molecule has 3 aromatic heterocycles. The number of thiazole rings is 1. The third-order valence-corrected chi connectivity index (χ3v) is 7.21. The summed E-state index contributed by atoms with van der Waals surface area (Å²) in [6, 6.07) is 8.47. The van der Waals surface area contributed by atoms with Gasteiger partial charge in [0.15, 0.2) is 15.9 Å². The predicted molar refractivity (Wildman–Crippen MR) is 118 cm³/mol. The lowest BCUT2D eigenvalue weighted by Gasteiger charge is -2.07. The van der Waals surface area contributed by atoms with Crippen molar-refractivity contribution in [2.75, 3.05) is 11.1 Å². The smallest absolute Gasteiger partial charge is 0.236 e. The summed E-state index contributed by atoms with van der Waals surface area (Å²) in [5.74, 6) is 0.206. The Bertz CT molecular complexity index is 1220. The number of aromatic nitrogens is 4. The largest absolute Gasteiger partial charge is 0.301 e. The van der Waals surface area contributed by atoms with E-state index >= 15 is 0 Å². The Balaban J connectivity index is 1.37. The molecule has 1 N–H and O–H groups in total. The molecule has 8 heteroatoms. The quantitative estimate of drug-likeness (QED) is 0.487. The van der Waals surface area contributed by atoms with Crippen molar-refractivity contribution >= 4 is 50.7 Å². The number of hydrogen-bond acceptors (Lipinski definition) is 6. The summed E-state index contributed by atoms with van der Waals surface area (Å²) in [7, 11) is 0. The number of aryl methyl sites for hydroxylation is 4. The summed E-state index contributed by atoms with van der Waals surface area (Å²) < 4.78 is 2.05. The van der Waals surface area contributed by atoms with Gasteiger partial charge in [-0.05, 0) is 68.7 Å². The second kappa shape index (κ2) is 7.42. The van der Waals surface area contributed by atoms with Crippen LogP contribution < -0.4 is 5.32 Å². The number of amides is 1. The summed E-state index contributed by atoms with van der Waals surface area (Å²) in [6.45, 7) is 4.12. The Morgan fingerprint density at radius 1 is 1.21 bits per heavy atom. The van der Waals surface area contributed by atoms with Crippen LogP contribution in [0.2, 0.25) is 0 Å². The van der Waals surface area contributed by atoms with Gasteiger partial charge in [-0.3, -0.25) is 9.20 Å². The first-order valence-electron chi connectivity index (χ1n) is 9.75. The SMILES string of the molecule is Cc1ccc2c(c1)cc(C)c1nnc(SCC(=O)Nc3nc4c(s3)CCCC4)n12. The van der Waals surface area contributed by atoms with Crippen molar-refractivity contribution < 1.29 is 4.79 Å². The molecule has 0 bridgehead atoms. The molecule has 0 saturated carbocycles. The summed E-state index contributed by atoms with van der Waals surface area (Å²) in [4.78, 5) is 18.4. The van der Waals surface area contributed by atoms with Gasteiger partial charge < -0.3 is 5.32 Å². The highest BCUT2D eigenvalue weighted by molar-refractivity contribution is 7.99. The van der Waals surface area contributed by atoms with E-state index in [4.69, 9.17) is 0 Å². The monoisotopic (exact) mass is 423 g/mol. The molecule has 1 amide bonds. The zero-order valence-electron chi connectivity index (χ0n) is 16.4. The van der Waals surface area contributed by atoms with Crippen molar-refractivity contribution in [3.63, 3.8) is 0 Å². The van der Waals surface area contributed by atoms with Gasteiger partial charge in [-0.15, -0.1) is 21.5 Å². The second-order valence-electron chi connectivity index (χ2n) is 7.46. The Morgan fingerprint density at radius 3 is 2.93 bits per heavy atom. The van der Waals surface area contributed by atoms with Gasteiger partial charge in [0.25, 0.3) is 0 Å². The van der Waals surface area contributed by atoms with Crippen molar-refractivity contribution in [1.29, 1.82) is 0 Å². The maximum atomic E-state index is 12.5. The number of rotatable bonds is 4. The summed E-state index contributed by atoms with van der Waals surface area (Å²) >= 11 is 3.01. The van der Waals surface area contributed by atoms with Crippen LogP contribution in [0.3, 0.4) is 0 Å². The van der Waals surface area contributed by atoms with Crippen LogP contribution in [0.5, 0.6) is 0 Å². The van der Waals surface area contributed by atoms with Gasteiger partial charge in [-0.25, -0.2) is 4.98 Å². The Morgan fingerprint density at radius 2 is 2.07 bits per heavy atom. The summed E-state index contributed by atoms with van der Waals surface area (Å²) in [5.41, 5.74) is 5.32. The first kappa shape index (κ1) is 18.6. The molecule has 1 aliphatic carbocycles. The topological polar surface area (TPSA) is 72.2 Å². The number of pyridine rings is 1. The van der Waals surface area contributed by atoms with Crippen LogP contribution in [0, 0.1) is 13.8 Å². The van der Waals surface area contributed by atoms with Crippen LogP contribution in [0.4, 0.5) is 5.13 Å². The van der Waals surface area contributed by atoms with Crippen LogP contribution in [0.1, 0.15) is 34.5 Å². The molecule has 0 spiro atoms. The minimum absolute atomic E-state index is 0.0642. The molecule has 1 aliphatic rings. The molecule has 3 heterocycles. The van der Waals surface area contributed by atoms with Crippen LogP contribution in [0.25, 0.3) is 16.6 Å². The second-order valence-corrected chi connectivity index (χ2v) is 9.49. The molecule has 148 valence electrons.